The van der Waals surface area contributed by atoms with Gasteiger partial charge in [-0.25, -0.2) is 4.79 Å². The Morgan fingerprint density at radius 2 is 2.11 bits per heavy atom. The number of aryl methyl sites for hydroxylation is 1. The minimum Gasteiger partial charge on any atom is -0.508 e. The standard InChI is InChI=1S/C14H18O4/c1-8-9(2)12-10(7-11(8)15)5-6-14(3,18-12)13(16)17-4/h7,15H,5-6H2,1-4H3. The van der Waals surface area contributed by atoms with Crippen molar-refractivity contribution in [2.75, 3.05) is 7.11 Å². The number of phenolic OH excluding ortho intramolecular Hbond substituents is 1. The lowest BCUT2D eigenvalue weighted by Gasteiger charge is -2.34. The van der Waals surface area contributed by atoms with Gasteiger partial charge in [-0.05, 0) is 49.9 Å². The molecule has 98 valence electrons. The van der Waals surface area contributed by atoms with Crippen LogP contribution in [0.15, 0.2) is 6.07 Å². The van der Waals surface area contributed by atoms with E-state index in [-0.39, 0.29) is 11.7 Å². The molecule has 0 saturated carbocycles. The Kier molecular flexibility index (Phi) is 2.97. The van der Waals surface area contributed by atoms with E-state index in [2.05, 4.69) is 0 Å². The van der Waals surface area contributed by atoms with Crippen molar-refractivity contribution in [1.29, 1.82) is 0 Å². The number of hydrogen-bond acceptors (Lipinski definition) is 4. The summed E-state index contributed by atoms with van der Waals surface area (Å²) in [7, 11) is 1.36. The maximum absolute atomic E-state index is 11.8. The largest absolute Gasteiger partial charge is 0.508 e. The smallest absolute Gasteiger partial charge is 0.349 e. The van der Waals surface area contributed by atoms with Crippen LogP contribution in [0.5, 0.6) is 11.5 Å². The first-order chi connectivity index (χ1) is 8.39. The number of fused-ring (bicyclic) bond motifs is 1. The van der Waals surface area contributed by atoms with Crippen molar-refractivity contribution in [1.82, 2.24) is 0 Å². The molecule has 0 aliphatic carbocycles. The molecule has 1 heterocycles. The first-order valence-electron chi connectivity index (χ1n) is 5.98. The highest BCUT2D eigenvalue weighted by molar-refractivity contribution is 5.80. The second-order valence-corrected chi connectivity index (χ2v) is 4.96. The Bertz CT molecular complexity index is 507. The van der Waals surface area contributed by atoms with Crippen molar-refractivity contribution in [3.8, 4) is 11.5 Å². The maximum atomic E-state index is 11.8. The molecule has 1 aromatic carbocycles. The van der Waals surface area contributed by atoms with Gasteiger partial charge in [0.2, 0.25) is 5.60 Å². The van der Waals surface area contributed by atoms with Gasteiger partial charge in [-0.1, -0.05) is 0 Å². The minimum atomic E-state index is -0.935. The van der Waals surface area contributed by atoms with Crippen molar-refractivity contribution in [3.05, 3.63) is 22.8 Å². The number of carbonyl (C=O) groups is 1. The van der Waals surface area contributed by atoms with E-state index in [1.54, 1.807) is 13.0 Å². The fourth-order valence-electron chi connectivity index (χ4n) is 2.28. The summed E-state index contributed by atoms with van der Waals surface area (Å²) in [5.41, 5.74) is 1.66. The molecule has 2 rings (SSSR count). The van der Waals surface area contributed by atoms with Gasteiger partial charge in [0.25, 0.3) is 0 Å². The Morgan fingerprint density at radius 3 is 2.72 bits per heavy atom. The van der Waals surface area contributed by atoms with Crippen LogP contribution < -0.4 is 4.74 Å². The number of carbonyl (C=O) groups excluding carboxylic acids is 1. The fourth-order valence-corrected chi connectivity index (χ4v) is 2.28. The number of hydrogen-bond donors (Lipinski definition) is 1. The zero-order valence-electron chi connectivity index (χ0n) is 11.2. The van der Waals surface area contributed by atoms with E-state index in [9.17, 15) is 9.90 Å². The molecular weight excluding hydrogens is 232 g/mol. The molecule has 0 radical (unpaired) electrons. The third-order valence-electron chi connectivity index (χ3n) is 3.71. The Labute approximate surface area is 107 Å². The first kappa shape index (κ1) is 12.7. The second kappa shape index (κ2) is 4.19. The lowest BCUT2D eigenvalue weighted by atomic mass is 9.90. The van der Waals surface area contributed by atoms with Crippen LogP contribution >= 0.6 is 0 Å². The summed E-state index contributed by atoms with van der Waals surface area (Å²) in [6.07, 6.45) is 1.24. The quantitative estimate of drug-likeness (QED) is 0.777. The Hall–Kier alpha value is -1.71. The van der Waals surface area contributed by atoms with Crippen LogP contribution in [0.25, 0.3) is 0 Å². The van der Waals surface area contributed by atoms with Gasteiger partial charge < -0.3 is 14.6 Å². The van der Waals surface area contributed by atoms with Gasteiger partial charge in [-0.15, -0.1) is 0 Å². The van der Waals surface area contributed by atoms with E-state index < -0.39 is 5.60 Å². The lowest BCUT2D eigenvalue weighted by molar-refractivity contribution is -0.159. The minimum absolute atomic E-state index is 0.275. The monoisotopic (exact) mass is 250 g/mol. The molecule has 0 aromatic heterocycles. The van der Waals surface area contributed by atoms with Gasteiger partial charge in [-0.3, -0.25) is 0 Å². The summed E-state index contributed by atoms with van der Waals surface area (Å²) in [4.78, 5) is 11.8. The highest BCUT2D eigenvalue weighted by Crippen LogP contribution is 2.40. The Balaban J connectivity index is 2.46. The number of esters is 1. The molecule has 0 saturated heterocycles. The van der Waals surface area contributed by atoms with Crippen molar-refractivity contribution < 1.29 is 19.4 Å². The van der Waals surface area contributed by atoms with Crippen LogP contribution in [0.2, 0.25) is 0 Å². The summed E-state index contributed by atoms with van der Waals surface area (Å²) in [5.74, 6) is 0.610. The number of rotatable bonds is 1. The molecule has 1 aliphatic heterocycles. The molecule has 1 unspecified atom stereocenters. The van der Waals surface area contributed by atoms with Crippen LogP contribution in [0, 0.1) is 13.8 Å². The van der Waals surface area contributed by atoms with E-state index in [4.69, 9.17) is 9.47 Å². The van der Waals surface area contributed by atoms with Crippen molar-refractivity contribution >= 4 is 5.97 Å². The molecule has 0 spiro atoms. The molecule has 1 atom stereocenters. The predicted molar refractivity (Wildman–Crippen MR) is 67.0 cm³/mol. The molecule has 1 aliphatic rings. The zero-order valence-corrected chi connectivity index (χ0v) is 11.2. The molecule has 18 heavy (non-hydrogen) atoms. The third-order valence-corrected chi connectivity index (χ3v) is 3.71. The first-order valence-corrected chi connectivity index (χ1v) is 5.98. The molecule has 1 aromatic rings. The highest BCUT2D eigenvalue weighted by atomic mass is 16.6. The lowest BCUT2D eigenvalue weighted by Crippen LogP contribution is -2.45. The Morgan fingerprint density at radius 1 is 1.44 bits per heavy atom. The molecular formula is C14H18O4. The predicted octanol–water partition coefficient (Wildman–Crippen LogP) is 2.27. The summed E-state index contributed by atoms with van der Waals surface area (Å²) < 4.78 is 10.6. The molecule has 4 heteroatoms. The third kappa shape index (κ3) is 1.82. The molecule has 1 N–H and O–H groups in total. The summed E-state index contributed by atoms with van der Waals surface area (Å²) in [5, 5.41) is 9.79. The molecule has 4 nitrogen and oxygen atoms in total. The van der Waals surface area contributed by atoms with Gasteiger partial charge in [0, 0.05) is 6.42 Å². The van der Waals surface area contributed by atoms with Gasteiger partial charge >= 0.3 is 5.97 Å². The fraction of sp³-hybridized carbons (Fsp3) is 0.500. The summed E-state index contributed by atoms with van der Waals surface area (Å²) in [6.45, 7) is 5.46. The van der Waals surface area contributed by atoms with E-state index >= 15 is 0 Å². The van der Waals surface area contributed by atoms with Crippen molar-refractivity contribution in [2.45, 2.75) is 39.2 Å². The van der Waals surface area contributed by atoms with Gasteiger partial charge in [0.15, 0.2) is 0 Å². The number of aromatic hydroxyl groups is 1. The summed E-state index contributed by atoms with van der Waals surface area (Å²) >= 11 is 0. The number of ether oxygens (including phenoxy) is 2. The summed E-state index contributed by atoms with van der Waals surface area (Å²) in [6, 6.07) is 1.72. The van der Waals surface area contributed by atoms with Crippen molar-refractivity contribution in [3.63, 3.8) is 0 Å². The van der Waals surface area contributed by atoms with Crippen LogP contribution in [0.3, 0.4) is 0 Å². The van der Waals surface area contributed by atoms with Gasteiger partial charge in [0.1, 0.15) is 11.5 Å². The van der Waals surface area contributed by atoms with Crippen molar-refractivity contribution in [2.24, 2.45) is 0 Å². The van der Waals surface area contributed by atoms with Crippen LogP contribution in [-0.4, -0.2) is 23.8 Å². The average Bonchev–Trinajstić information content (AvgIpc) is 2.36. The van der Waals surface area contributed by atoms with Crippen LogP contribution in [0.1, 0.15) is 30.0 Å². The van der Waals surface area contributed by atoms with Gasteiger partial charge in [0.05, 0.1) is 7.11 Å². The second-order valence-electron chi connectivity index (χ2n) is 4.96. The number of benzene rings is 1. The van der Waals surface area contributed by atoms with E-state index in [1.165, 1.54) is 7.11 Å². The van der Waals surface area contributed by atoms with E-state index in [1.807, 2.05) is 13.8 Å². The van der Waals surface area contributed by atoms with E-state index in [0.717, 1.165) is 16.7 Å². The maximum Gasteiger partial charge on any atom is 0.349 e. The molecule has 0 fully saturated rings. The van der Waals surface area contributed by atoms with Crippen LogP contribution in [-0.2, 0) is 16.0 Å². The zero-order chi connectivity index (χ0) is 13.5. The average molecular weight is 250 g/mol. The van der Waals surface area contributed by atoms with Gasteiger partial charge in [-0.2, -0.15) is 0 Å². The van der Waals surface area contributed by atoms with E-state index in [0.29, 0.717) is 18.6 Å². The molecule has 0 amide bonds. The molecule has 0 bridgehead atoms. The van der Waals surface area contributed by atoms with Crippen LogP contribution in [0.4, 0.5) is 0 Å². The topological polar surface area (TPSA) is 55.8 Å². The number of phenols is 1. The highest BCUT2D eigenvalue weighted by Gasteiger charge is 2.41. The number of methoxy groups -OCH3 is 1. The SMILES string of the molecule is COC(=O)C1(C)CCc2cc(O)c(C)c(C)c2O1. The normalized spacial score (nSPS) is 22.0.